The maximum Gasteiger partial charge on any atom is 0.0781 e. The number of rotatable bonds is 2. The summed E-state index contributed by atoms with van der Waals surface area (Å²) in [4.78, 5) is 9.76. The van der Waals surface area contributed by atoms with Crippen molar-refractivity contribution in [2.24, 2.45) is 5.29 Å². The molecular formula is C6H4Cl2N2O. The zero-order valence-corrected chi connectivity index (χ0v) is 6.86. The molecule has 0 bridgehead atoms. The minimum absolute atomic E-state index is 0.372. The van der Waals surface area contributed by atoms with Gasteiger partial charge in [0.15, 0.2) is 0 Å². The van der Waals surface area contributed by atoms with Crippen molar-refractivity contribution in [1.29, 1.82) is 0 Å². The lowest BCUT2D eigenvalue weighted by atomic mass is 10.3. The second-order valence-electron chi connectivity index (χ2n) is 1.83. The van der Waals surface area contributed by atoms with E-state index in [0.29, 0.717) is 15.7 Å². The SMILES string of the molecule is O=NNc1ccc(Cl)cc1Cl. The molecule has 0 unspecified atom stereocenters. The molecule has 1 aromatic rings. The quantitative estimate of drug-likeness (QED) is 0.576. The third kappa shape index (κ3) is 2.06. The molecular weight excluding hydrogens is 187 g/mol. The van der Waals surface area contributed by atoms with Crippen LogP contribution < -0.4 is 5.43 Å². The van der Waals surface area contributed by atoms with Gasteiger partial charge in [-0.25, -0.2) is 5.43 Å². The van der Waals surface area contributed by atoms with Gasteiger partial charge in [-0.05, 0) is 18.2 Å². The fourth-order valence-electron chi connectivity index (χ4n) is 0.629. The van der Waals surface area contributed by atoms with Crippen LogP contribution in [0.15, 0.2) is 23.5 Å². The summed E-state index contributed by atoms with van der Waals surface area (Å²) >= 11 is 11.3. The van der Waals surface area contributed by atoms with Crippen LogP contribution in [0.3, 0.4) is 0 Å². The number of hydrogen-bond acceptors (Lipinski definition) is 2. The standard InChI is InChI=1S/C6H4Cl2N2O/c7-4-1-2-6(9-10-11)5(8)3-4/h1-3H,(H,9,11). The Hall–Kier alpha value is -0.800. The van der Waals surface area contributed by atoms with Crippen molar-refractivity contribution in [3.05, 3.63) is 33.2 Å². The molecule has 0 spiro atoms. The molecule has 0 aliphatic rings. The minimum Gasteiger partial charge on any atom is -0.241 e. The summed E-state index contributed by atoms with van der Waals surface area (Å²) in [6, 6.07) is 4.71. The van der Waals surface area contributed by atoms with E-state index in [1.807, 2.05) is 0 Å². The van der Waals surface area contributed by atoms with E-state index < -0.39 is 0 Å². The van der Waals surface area contributed by atoms with Crippen LogP contribution in [-0.4, -0.2) is 0 Å². The van der Waals surface area contributed by atoms with Gasteiger partial charge in [-0.1, -0.05) is 23.2 Å². The van der Waals surface area contributed by atoms with Crippen molar-refractivity contribution in [3.63, 3.8) is 0 Å². The molecule has 0 heterocycles. The normalized spacial score (nSPS) is 9.27. The number of nitroso groups, excluding NO2 is 1. The first-order valence-corrected chi connectivity index (χ1v) is 3.53. The maximum atomic E-state index is 9.76. The van der Waals surface area contributed by atoms with E-state index in [0.717, 1.165) is 0 Å². The summed E-state index contributed by atoms with van der Waals surface area (Å²) in [5.74, 6) is 0. The number of hydrogen-bond donors (Lipinski definition) is 1. The third-order valence-electron chi connectivity index (χ3n) is 1.10. The first kappa shape index (κ1) is 8.30. The number of anilines is 1. The zero-order valence-electron chi connectivity index (χ0n) is 5.34. The Labute approximate surface area is 73.3 Å². The van der Waals surface area contributed by atoms with Crippen molar-refractivity contribution in [3.8, 4) is 0 Å². The highest BCUT2D eigenvalue weighted by Gasteiger charge is 1.98. The molecule has 0 fully saturated rings. The van der Waals surface area contributed by atoms with Crippen molar-refractivity contribution < 1.29 is 0 Å². The molecule has 0 amide bonds. The average molecular weight is 191 g/mol. The number of nitrogens with one attached hydrogen (secondary N) is 1. The molecule has 1 aromatic carbocycles. The Morgan fingerprint density at radius 3 is 2.64 bits per heavy atom. The molecule has 11 heavy (non-hydrogen) atoms. The summed E-state index contributed by atoms with van der Waals surface area (Å²) < 4.78 is 0. The highest BCUT2D eigenvalue weighted by atomic mass is 35.5. The molecule has 3 nitrogen and oxygen atoms in total. The van der Waals surface area contributed by atoms with E-state index in [2.05, 4.69) is 10.7 Å². The minimum atomic E-state index is 0.372. The van der Waals surface area contributed by atoms with Crippen LogP contribution in [0.1, 0.15) is 0 Å². The van der Waals surface area contributed by atoms with Crippen molar-refractivity contribution in [2.45, 2.75) is 0 Å². The molecule has 0 aliphatic heterocycles. The lowest BCUT2D eigenvalue weighted by Gasteiger charge is -1.99. The van der Waals surface area contributed by atoms with Gasteiger partial charge in [0, 0.05) is 5.02 Å². The lowest BCUT2D eigenvalue weighted by Crippen LogP contribution is -1.85. The van der Waals surface area contributed by atoms with Crippen molar-refractivity contribution in [2.75, 3.05) is 5.43 Å². The first-order valence-electron chi connectivity index (χ1n) is 2.77. The average Bonchev–Trinajstić information content (AvgIpc) is 1.95. The van der Waals surface area contributed by atoms with Gasteiger partial charge in [0.2, 0.25) is 0 Å². The van der Waals surface area contributed by atoms with E-state index >= 15 is 0 Å². The fourth-order valence-corrected chi connectivity index (χ4v) is 1.08. The molecule has 5 heteroatoms. The second-order valence-corrected chi connectivity index (χ2v) is 2.67. The van der Waals surface area contributed by atoms with Gasteiger partial charge in [-0.15, -0.1) is 4.91 Å². The molecule has 0 atom stereocenters. The Bertz CT molecular complexity index is 277. The largest absolute Gasteiger partial charge is 0.241 e. The maximum absolute atomic E-state index is 9.76. The van der Waals surface area contributed by atoms with E-state index in [9.17, 15) is 4.91 Å². The van der Waals surface area contributed by atoms with Gasteiger partial charge < -0.3 is 0 Å². The van der Waals surface area contributed by atoms with E-state index in [1.54, 1.807) is 12.1 Å². The smallest absolute Gasteiger partial charge is 0.0781 e. The highest BCUT2D eigenvalue weighted by Crippen LogP contribution is 2.24. The Balaban J connectivity index is 2.98. The van der Waals surface area contributed by atoms with E-state index in [4.69, 9.17) is 23.2 Å². The molecule has 1 rings (SSSR count). The number of benzene rings is 1. The van der Waals surface area contributed by atoms with Crippen LogP contribution in [0.2, 0.25) is 10.0 Å². The molecule has 58 valence electrons. The van der Waals surface area contributed by atoms with Crippen LogP contribution in [0.4, 0.5) is 5.69 Å². The van der Waals surface area contributed by atoms with Gasteiger partial charge in [0.1, 0.15) is 0 Å². The van der Waals surface area contributed by atoms with E-state index in [1.165, 1.54) is 6.07 Å². The molecule has 0 aliphatic carbocycles. The Kier molecular flexibility index (Phi) is 2.68. The van der Waals surface area contributed by atoms with Crippen molar-refractivity contribution in [1.82, 2.24) is 0 Å². The summed E-state index contributed by atoms with van der Waals surface area (Å²) in [5.41, 5.74) is 2.63. The van der Waals surface area contributed by atoms with Gasteiger partial charge in [-0.2, -0.15) is 0 Å². The van der Waals surface area contributed by atoms with Crippen LogP contribution >= 0.6 is 23.2 Å². The summed E-state index contributed by atoms with van der Waals surface area (Å²) in [6.45, 7) is 0. The van der Waals surface area contributed by atoms with Gasteiger partial charge in [0.25, 0.3) is 0 Å². The van der Waals surface area contributed by atoms with E-state index in [-0.39, 0.29) is 0 Å². The molecule has 0 aromatic heterocycles. The zero-order chi connectivity index (χ0) is 8.27. The van der Waals surface area contributed by atoms with Crippen LogP contribution in [0, 0.1) is 4.91 Å². The molecule has 0 saturated heterocycles. The third-order valence-corrected chi connectivity index (χ3v) is 1.65. The van der Waals surface area contributed by atoms with Gasteiger partial charge in [-0.3, -0.25) is 0 Å². The topological polar surface area (TPSA) is 41.5 Å². The predicted molar refractivity (Wildman–Crippen MR) is 45.9 cm³/mol. The number of nitrogens with zero attached hydrogens (tertiary/aromatic N) is 1. The summed E-state index contributed by atoms with van der Waals surface area (Å²) in [5, 5.41) is 3.36. The molecule has 1 N–H and O–H groups in total. The van der Waals surface area contributed by atoms with Gasteiger partial charge in [0.05, 0.1) is 16.0 Å². The Morgan fingerprint density at radius 2 is 2.09 bits per heavy atom. The summed E-state index contributed by atoms with van der Waals surface area (Å²) in [7, 11) is 0. The van der Waals surface area contributed by atoms with Crippen LogP contribution in [0.25, 0.3) is 0 Å². The predicted octanol–water partition coefficient (Wildman–Crippen LogP) is 3.09. The first-order chi connectivity index (χ1) is 5.24. The van der Waals surface area contributed by atoms with Crippen LogP contribution in [0.5, 0.6) is 0 Å². The highest BCUT2D eigenvalue weighted by molar-refractivity contribution is 6.36. The fraction of sp³-hybridized carbons (Fsp3) is 0. The summed E-state index contributed by atoms with van der Waals surface area (Å²) in [6.07, 6.45) is 0. The monoisotopic (exact) mass is 190 g/mol. The number of halogens is 2. The lowest BCUT2D eigenvalue weighted by molar-refractivity contribution is 1.32. The molecule has 0 radical (unpaired) electrons. The van der Waals surface area contributed by atoms with Gasteiger partial charge >= 0.3 is 0 Å². The van der Waals surface area contributed by atoms with Crippen LogP contribution in [-0.2, 0) is 0 Å². The second kappa shape index (κ2) is 3.55. The Morgan fingerprint density at radius 1 is 1.36 bits per heavy atom. The van der Waals surface area contributed by atoms with Crippen molar-refractivity contribution >= 4 is 28.9 Å². The molecule has 0 saturated carbocycles.